The molecule has 1 heterocycles. The van der Waals surface area contributed by atoms with Gasteiger partial charge in [0.2, 0.25) is 0 Å². The smallest absolute Gasteiger partial charge is 0.0590 e. The highest BCUT2D eigenvalue weighted by Gasteiger charge is 2.16. The summed E-state index contributed by atoms with van der Waals surface area (Å²) in [5, 5.41) is 7.23. The van der Waals surface area contributed by atoms with Gasteiger partial charge in [-0.3, -0.25) is 0 Å². The average Bonchev–Trinajstić information content (AvgIpc) is 2.98. The molecule has 1 unspecified atom stereocenters. The first-order valence-electron chi connectivity index (χ1n) is 7.24. The van der Waals surface area contributed by atoms with Crippen molar-refractivity contribution < 1.29 is 0 Å². The fourth-order valence-electron chi connectivity index (χ4n) is 2.59. The van der Waals surface area contributed by atoms with Gasteiger partial charge in [0.15, 0.2) is 0 Å². The van der Waals surface area contributed by atoms with E-state index in [1.54, 1.807) is 0 Å². The van der Waals surface area contributed by atoms with Crippen molar-refractivity contribution in [2.75, 3.05) is 6.54 Å². The lowest BCUT2D eigenvalue weighted by atomic mass is 9.97. The zero-order chi connectivity index (χ0) is 14.7. The lowest BCUT2D eigenvalue weighted by Gasteiger charge is -2.20. The van der Waals surface area contributed by atoms with Crippen LogP contribution in [0.15, 0.2) is 53.9 Å². The zero-order valence-corrected chi connectivity index (χ0v) is 14.9. The Balaban J connectivity index is 2.06. The van der Waals surface area contributed by atoms with Crippen molar-refractivity contribution in [1.29, 1.82) is 0 Å². The molecule has 0 fully saturated rings. The third kappa shape index (κ3) is 3.30. The maximum Gasteiger partial charge on any atom is 0.0590 e. The molecular formula is C18H18INS. The van der Waals surface area contributed by atoms with Crippen LogP contribution in [0.25, 0.3) is 10.1 Å². The molecule has 3 heteroatoms. The number of thiophene rings is 1. The van der Waals surface area contributed by atoms with Gasteiger partial charge in [-0.25, -0.2) is 0 Å². The lowest BCUT2D eigenvalue weighted by molar-refractivity contribution is 0.602. The topological polar surface area (TPSA) is 12.0 Å². The van der Waals surface area contributed by atoms with Crippen molar-refractivity contribution in [2.45, 2.75) is 19.4 Å². The van der Waals surface area contributed by atoms with Gasteiger partial charge in [0.1, 0.15) is 0 Å². The molecule has 0 radical (unpaired) electrons. The molecule has 1 atom stereocenters. The molecule has 1 aromatic heterocycles. The first-order valence-corrected chi connectivity index (χ1v) is 9.20. The van der Waals surface area contributed by atoms with E-state index in [1.165, 1.54) is 24.8 Å². The van der Waals surface area contributed by atoms with E-state index in [0.717, 1.165) is 13.0 Å². The van der Waals surface area contributed by atoms with E-state index in [2.05, 4.69) is 88.7 Å². The molecule has 108 valence electrons. The Bertz CT molecular complexity index is 717. The molecular weight excluding hydrogens is 389 g/mol. The largest absolute Gasteiger partial charge is 0.306 e. The van der Waals surface area contributed by atoms with Crippen molar-refractivity contribution in [3.8, 4) is 0 Å². The van der Waals surface area contributed by atoms with Crippen molar-refractivity contribution in [3.63, 3.8) is 0 Å². The minimum Gasteiger partial charge on any atom is -0.306 e. The van der Waals surface area contributed by atoms with Gasteiger partial charge < -0.3 is 5.32 Å². The van der Waals surface area contributed by atoms with Crippen molar-refractivity contribution in [1.82, 2.24) is 5.32 Å². The van der Waals surface area contributed by atoms with Gasteiger partial charge >= 0.3 is 0 Å². The summed E-state index contributed by atoms with van der Waals surface area (Å²) in [5.41, 5.74) is 2.72. The minimum atomic E-state index is 0.268. The Kier molecular flexibility index (Phi) is 4.93. The Labute approximate surface area is 143 Å². The molecule has 0 aliphatic carbocycles. The van der Waals surface area contributed by atoms with Gasteiger partial charge in [-0.2, -0.15) is 0 Å². The van der Waals surface area contributed by atoms with Gasteiger partial charge in [0, 0.05) is 8.27 Å². The molecule has 0 saturated heterocycles. The highest BCUT2D eigenvalue weighted by molar-refractivity contribution is 14.1. The molecule has 3 rings (SSSR count). The van der Waals surface area contributed by atoms with Crippen molar-refractivity contribution >= 4 is 44.0 Å². The zero-order valence-electron chi connectivity index (χ0n) is 12.0. The maximum absolute atomic E-state index is 3.71. The van der Waals surface area contributed by atoms with Crippen LogP contribution in [0.2, 0.25) is 0 Å². The van der Waals surface area contributed by atoms with Crippen LogP contribution in [0.4, 0.5) is 0 Å². The van der Waals surface area contributed by atoms with Crippen molar-refractivity contribution in [3.05, 3.63) is 68.6 Å². The van der Waals surface area contributed by atoms with Gasteiger partial charge in [-0.05, 0) is 75.6 Å². The highest BCUT2D eigenvalue weighted by Crippen LogP contribution is 2.32. The standard InChI is InChI=1S/C18H18INS/c1-2-11-20-17(13-6-8-15(19)9-7-13)16-5-3-4-14-10-12-21-18(14)16/h3-10,12,17,20H,2,11H2,1H3. The quantitative estimate of drug-likeness (QED) is 0.544. The molecule has 21 heavy (non-hydrogen) atoms. The predicted octanol–water partition coefficient (Wildman–Crippen LogP) is 5.59. The van der Waals surface area contributed by atoms with Crippen LogP contribution >= 0.6 is 33.9 Å². The SMILES string of the molecule is CCCNC(c1ccc(I)cc1)c1cccc2ccsc12. The minimum absolute atomic E-state index is 0.268. The second-order valence-electron chi connectivity index (χ2n) is 5.12. The molecule has 3 aromatic rings. The molecule has 0 aliphatic heterocycles. The summed E-state index contributed by atoms with van der Waals surface area (Å²) < 4.78 is 2.67. The third-order valence-electron chi connectivity index (χ3n) is 3.62. The highest BCUT2D eigenvalue weighted by atomic mass is 127. The second kappa shape index (κ2) is 6.90. The first-order chi connectivity index (χ1) is 10.3. The third-order valence-corrected chi connectivity index (χ3v) is 5.32. The second-order valence-corrected chi connectivity index (χ2v) is 7.29. The first kappa shape index (κ1) is 15.0. The summed E-state index contributed by atoms with van der Waals surface area (Å²) in [6.07, 6.45) is 1.14. The van der Waals surface area contributed by atoms with E-state index in [1.807, 2.05) is 11.3 Å². The Morgan fingerprint density at radius 2 is 1.90 bits per heavy atom. The molecule has 2 aromatic carbocycles. The Morgan fingerprint density at radius 1 is 1.10 bits per heavy atom. The summed E-state index contributed by atoms with van der Waals surface area (Å²) >= 11 is 4.19. The predicted molar refractivity (Wildman–Crippen MR) is 101 cm³/mol. The van der Waals surface area contributed by atoms with Crippen LogP contribution in [0.3, 0.4) is 0 Å². The van der Waals surface area contributed by atoms with Crippen LogP contribution in [0, 0.1) is 3.57 Å². The monoisotopic (exact) mass is 407 g/mol. The van der Waals surface area contributed by atoms with Crippen LogP contribution in [-0.2, 0) is 0 Å². The molecule has 0 amide bonds. The summed E-state index contributed by atoms with van der Waals surface area (Å²) in [6.45, 7) is 3.24. The van der Waals surface area contributed by atoms with Crippen molar-refractivity contribution in [2.24, 2.45) is 0 Å². The molecule has 0 saturated carbocycles. The van der Waals surface area contributed by atoms with Crippen LogP contribution in [0.1, 0.15) is 30.5 Å². The Hall–Kier alpha value is -0.910. The molecule has 1 N–H and O–H groups in total. The number of rotatable bonds is 5. The van der Waals surface area contributed by atoms with Gasteiger partial charge in [0.25, 0.3) is 0 Å². The Morgan fingerprint density at radius 3 is 2.67 bits per heavy atom. The fraction of sp³-hybridized carbons (Fsp3) is 0.222. The van der Waals surface area contributed by atoms with Crippen LogP contribution < -0.4 is 5.32 Å². The van der Waals surface area contributed by atoms with Crippen LogP contribution in [0.5, 0.6) is 0 Å². The average molecular weight is 407 g/mol. The molecule has 0 aliphatic rings. The molecule has 1 nitrogen and oxygen atoms in total. The number of fused-ring (bicyclic) bond motifs is 1. The van der Waals surface area contributed by atoms with E-state index in [-0.39, 0.29) is 6.04 Å². The van der Waals surface area contributed by atoms with E-state index in [4.69, 9.17) is 0 Å². The summed E-state index contributed by atoms with van der Waals surface area (Å²) in [7, 11) is 0. The van der Waals surface area contributed by atoms with Gasteiger partial charge in [0.05, 0.1) is 6.04 Å². The van der Waals surface area contributed by atoms with E-state index >= 15 is 0 Å². The molecule has 0 bridgehead atoms. The van der Waals surface area contributed by atoms with Gasteiger partial charge in [-0.1, -0.05) is 37.3 Å². The van der Waals surface area contributed by atoms with Gasteiger partial charge in [-0.15, -0.1) is 11.3 Å². The number of benzene rings is 2. The summed E-state index contributed by atoms with van der Waals surface area (Å²) in [4.78, 5) is 0. The maximum atomic E-state index is 3.71. The number of halogens is 1. The summed E-state index contributed by atoms with van der Waals surface area (Å²) in [5.74, 6) is 0. The number of nitrogens with one attached hydrogen (secondary N) is 1. The summed E-state index contributed by atoms with van der Waals surface area (Å²) in [6, 6.07) is 17.9. The number of hydrogen-bond donors (Lipinski definition) is 1. The van der Waals surface area contributed by atoms with Crippen LogP contribution in [-0.4, -0.2) is 6.54 Å². The lowest BCUT2D eigenvalue weighted by Crippen LogP contribution is -2.23. The van der Waals surface area contributed by atoms with E-state index < -0.39 is 0 Å². The van der Waals surface area contributed by atoms with E-state index in [9.17, 15) is 0 Å². The number of hydrogen-bond acceptors (Lipinski definition) is 2. The molecule has 0 spiro atoms. The van der Waals surface area contributed by atoms with E-state index in [0.29, 0.717) is 0 Å². The normalized spacial score (nSPS) is 12.7. The fourth-order valence-corrected chi connectivity index (χ4v) is 3.90.